The zero-order valence-electron chi connectivity index (χ0n) is 8.31. The first kappa shape index (κ1) is 11.8. The van der Waals surface area contributed by atoms with E-state index in [-0.39, 0.29) is 21.5 Å². The van der Waals surface area contributed by atoms with Crippen molar-refractivity contribution in [2.75, 3.05) is 5.73 Å². The van der Waals surface area contributed by atoms with E-state index in [1.54, 1.807) is 0 Å². The monoisotopic (exact) mass is 272 g/mol. The molecule has 5 nitrogen and oxygen atoms in total. The van der Waals surface area contributed by atoms with Gasteiger partial charge in [-0.15, -0.1) is 0 Å². The quantitative estimate of drug-likeness (QED) is 0.862. The Balaban J connectivity index is 2.51. The predicted molar refractivity (Wildman–Crippen MR) is 63.6 cm³/mol. The highest BCUT2D eigenvalue weighted by molar-refractivity contribution is 6.35. The van der Waals surface area contributed by atoms with Gasteiger partial charge in [-0.05, 0) is 18.2 Å². The van der Waals surface area contributed by atoms with Crippen molar-refractivity contribution in [1.29, 1.82) is 0 Å². The summed E-state index contributed by atoms with van der Waals surface area (Å²) >= 11 is 11.5. The first-order chi connectivity index (χ1) is 7.97. The summed E-state index contributed by atoms with van der Waals surface area (Å²) in [7, 11) is 0. The van der Waals surface area contributed by atoms with Crippen LogP contribution < -0.4 is 11.3 Å². The van der Waals surface area contributed by atoms with E-state index in [0.717, 1.165) is 6.07 Å². The number of hydrogen-bond donors (Lipinski definition) is 1. The minimum absolute atomic E-state index is 0.138. The lowest BCUT2D eigenvalue weighted by Crippen LogP contribution is -2.22. The van der Waals surface area contributed by atoms with Crippen LogP contribution in [0.15, 0.2) is 33.6 Å². The van der Waals surface area contributed by atoms with Crippen molar-refractivity contribution in [3.05, 3.63) is 50.2 Å². The second kappa shape index (κ2) is 4.27. The van der Waals surface area contributed by atoms with Gasteiger partial charge in [0.2, 0.25) is 5.88 Å². The number of carbonyl (C=O) groups is 1. The summed E-state index contributed by atoms with van der Waals surface area (Å²) in [5.74, 6) is -0.826. The van der Waals surface area contributed by atoms with Gasteiger partial charge in [0.1, 0.15) is 0 Å². The smallest absolute Gasteiger partial charge is 0.294 e. The van der Waals surface area contributed by atoms with Gasteiger partial charge in [0.15, 0.2) is 0 Å². The average Bonchev–Trinajstić information content (AvgIpc) is 2.55. The van der Waals surface area contributed by atoms with Gasteiger partial charge in [-0.25, -0.2) is 0 Å². The van der Waals surface area contributed by atoms with E-state index in [4.69, 9.17) is 33.5 Å². The molecular weight excluding hydrogens is 267 g/mol. The molecule has 0 saturated carbocycles. The van der Waals surface area contributed by atoms with Crippen LogP contribution in [0.25, 0.3) is 0 Å². The third-order valence-electron chi connectivity index (χ3n) is 1.96. The number of hydrogen-bond acceptors (Lipinski definition) is 4. The Hall–Kier alpha value is -1.72. The molecule has 0 aliphatic carbocycles. The molecule has 2 N–H and O–H groups in total. The molecular formula is C10H6Cl2N2O3. The van der Waals surface area contributed by atoms with Crippen LogP contribution in [0.1, 0.15) is 10.4 Å². The normalized spacial score (nSPS) is 10.5. The molecule has 0 bridgehead atoms. The van der Waals surface area contributed by atoms with Crippen molar-refractivity contribution in [3.8, 4) is 0 Å². The van der Waals surface area contributed by atoms with E-state index in [0.29, 0.717) is 4.74 Å². The highest BCUT2D eigenvalue weighted by Crippen LogP contribution is 2.19. The molecule has 1 heterocycles. The number of nitrogen functional groups attached to an aromatic ring is 1. The van der Waals surface area contributed by atoms with Crippen LogP contribution in [-0.2, 0) is 0 Å². The first-order valence-corrected chi connectivity index (χ1v) is 5.22. The van der Waals surface area contributed by atoms with Crippen LogP contribution in [0.3, 0.4) is 0 Å². The standard InChI is InChI=1S/C10H6Cl2N2O3/c11-6-1-5(2-7(12)3-6)10(16)14-9(15)4-8(13)17-14/h1-4H,13H2. The summed E-state index contributed by atoms with van der Waals surface area (Å²) in [6, 6.07) is 5.23. The molecule has 17 heavy (non-hydrogen) atoms. The lowest BCUT2D eigenvalue weighted by atomic mass is 10.2. The van der Waals surface area contributed by atoms with E-state index in [1.807, 2.05) is 0 Å². The zero-order chi connectivity index (χ0) is 12.6. The number of anilines is 1. The third kappa shape index (κ3) is 2.35. The van der Waals surface area contributed by atoms with Crippen molar-refractivity contribution in [3.63, 3.8) is 0 Å². The van der Waals surface area contributed by atoms with Crippen molar-refractivity contribution in [1.82, 2.24) is 4.74 Å². The van der Waals surface area contributed by atoms with Crippen molar-refractivity contribution in [2.24, 2.45) is 0 Å². The van der Waals surface area contributed by atoms with Gasteiger partial charge in [0, 0.05) is 15.6 Å². The molecule has 0 atom stereocenters. The van der Waals surface area contributed by atoms with E-state index < -0.39 is 11.5 Å². The summed E-state index contributed by atoms with van der Waals surface area (Å²) in [6.45, 7) is 0. The molecule has 0 aliphatic rings. The minimum atomic E-state index is -0.684. The van der Waals surface area contributed by atoms with Crippen molar-refractivity contribution < 1.29 is 9.32 Å². The van der Waals surface area contributed by atoms with Crippen LogP contribution in [0.4, 0.5) is 5.88 Å². The first-order valence-electron chi connectivity index (χ1n) is 4.47. The Morgan fingerprint density at radius 2 is 1.76 bits per heavy atom. The van der Waals surface area contributed by atoms with E-state index in [9.17, 15) is 9.59 Å². The van der Waals surface area contributed by atoms with Crippen molar-refractivity contribution in [2.45, 2.75) is 0 Å². The highest BCUT2D eigenvalue weighted by Gasteiger charge is 2.15. The second-order valence-electron chi connectivity index (χ2n) is 3.23. The lowest BCUT2D eigenvalue weighted by molar-refractivity contribution is 0.0846. The predicted octanol–water partition coefficient (Wildman–Crippen LogP) is 2.02. The molecule has 7 heteroatoms. The highest BCUT2D eigenvalue weighted by atomic mass is 35.5. The summed E-state index contributed by atoms with van der Waals surface area (Å²) in [5, 5.41) is 0.571. The Morgan fingerprint density at radius 1 is 1.18 bits per heavy atom. The number of nitrogens with zero attached hydrogens (tertiary/aromatic N) is 1. The van der Waals surface area contributed by atoms with Crippen LogP contribution in [-0.4, -0.2) is 10.6 Å². The van der Waals surface area contributed by atoms with E-state index in [1.165, 1.54) is 18.2 Å². The van der Waals surface area contributed by atoms with Crippen LogP contribution in [0.2, 0.25) is 10.0 Å². The van der Waals surface area contributed by atoms with Gasteiger partial charge in [0.25, 0.3) is 11.5 Å². The van der Waals surface area contributed by atoms with Crippen LogP contribution in [0, 0.1) is 0 Å². The summed E-state index contributed by atoms with van der Waals surface area (Å²) in [5.41, 5.74) is 4.75. The van der Waals surface area contributed by atoms with Crippen LogP contribution in [0.5, 0.6) is 0 Å². The number of nitrogens with two attached hydrogens (primary N) is 1. The topological polar surface area (TPSA) is 78.2 Å². The van der Waals surface area contributed by atoms with Gasteiger partial charge in [0.05, 0.1) is 6.07 Å². The fraction of sp³-hybridized carbons (Fsp3) is 0. The van der Waals surface area contributed by atoms with Crippen molar-refractivity contribution >= 4 is 35.0 Å². The Morgan fingerprint density at radius 3 is 2.24 bits per heavy atom. The fourth-order valence-electron chi connectivity index (χ4n) is 1.29. The molecule has 88 valence electrons. The summed E-state index contributed by atoms with van der Waals surface area (Å²) in [6.07, 6.45) is 0. The SMILES string of the molecule is Nc1cc(=O)n(C(=O)c2cc(Cl)cc(Cl)c2)o1. The maximum absolute atomic E-state index is 11.9. The zero-order valence-corrected chi connectivity index (χ0v) is 9.83. The molecule has 2 rings (SSSR count). The Labute approximate surface area is 105 Å². The Bertz CT molecular complexity index is 625. The van der Waals surface area contributed by atoms with Gasteiger partial charge >= 0.3 is 0 Å². The average molecular weight is 273 g/mol. The van der Waals surface area contributed by atoms with E-state index >= 15 is 0 Å². The molecule has 0 radical (unpaired) electrons. The maximum Gasteiger partial charge on any atom is 0.294 e. The molecule has 0 amide bonds. The number of benzene rings is 1. The summed E-state index contributed by atoms with van der Waals surface area (Å²) < 4.78 is 5.30. The number of halogens is 2. The number of rotatable bonds is 1. The van der Waals surface area contributed by atoms with Gasteiger partial charge in [-0.1, -0.05) is 27.9 Å². The largest absolute Gasteiger partial charge is 0.368 e. The molecule has 0 spiro atoms. The molecule has 0 fully saturated rings. The summed E-state index contributed by atoms with van der Waals surface area (Å²) in [4.78, 5) is 23.2. The maximum atomic E-state index is 11.9. The third-order valence-corrected chi connectivity index (χ3v) is 2.39. The number of aromatic nitrogens is 1. The second-order valence-corrected chi connectivity index (χ2v) is 4.11. The van der Waals surface area contributed by atoms with E-state index in [2.05, 4.69) is 0 Å². The molecule has 0 unspecified atom stereocenters. The Kier molecular flexibility index (Phi) is 2.95. The van der Waals surface area contributed by atoms with Gasteiger partial charge < -0.3 is 10.3 Å². The lowest BCUT2D eigenvalue weighted by Gasteiger charge is -2.01. The molecule has 0 saturated heterocycles. The molecule has 2 aromatic rings. The molecule has 0 aliphatic heterocycles. The van der Waals surface area contributed by atoms with Gasteiger partial charge in [-0.2, -0.15) is 0 Å². The fourth-order valence-corrected chi connectivity index (χ4v) is 1.82. The molecule has 1 aromatic carbocycles. The minimum Gasteiger partial charge on any atom is -0.368 e. The van der Waals surface area contributed by atoms with Gasteiger partial charge in [-0.3, -0.25) is 9.59 Å². The van der Waals surface area contributed by atoms with Crippen LogP contribution >= 0.6 is 23.2 Å². The number of carbonyl (C=O) groups excluding carboxylic acids is 1. The molecule has 1 aromatic heterocycles.